The Balaban J connectivity index is 1.80. The van der Waals surface area contributed by atoms with Crippen molar-refractivity contribution in [2.75, 3.05) is 0 Å². The van der Waals surface area contributed by atoms with Gasteiger partial charge in [-0.1, -0.05) is 35.6 Å². The summed E-state index contributed by atoms with van der Waals surface area (Å²) in [5.74, 6) is 5.12. The Labute approximate surface area is 157 Å². The highest BCUT2D eigenvalue weighted by Crippen LogP contribution is 2.29. The second-order valence-electron chi connectivity index (χ2n) is 6.03. The summed E-state index contributed by atoms with van der Waals surface area (Å²) in [6, 6.07) is 17.7. The normalized spacial score (nSPS) is 15.8. The number of pyridine rings is 2. The van der Waals surface area contributed by atoms with Crippen molar-refractivity contribution in [1.82, 2.24) is 15.3 Å². The molecule has 3 N–H and O–H groups in total. The second-order valence-corrected chi connectivity index (χ2v) is 6.03. The molecule has 1 unspecified atom stereocenters. The van der Waals surface area contributed by atoms with Crippen molar-refractivity contribution in [2.45, 2.75) is 6.04 Å². The third-order valence-corrected chi connectivity index (χ3v) is 4.25. The molecule has 0 radical (unpaired) electrons. The average molecular weight is 354 g/mol. The zero-order chi connectivity index (χ0) is 18.5. The minimum atomic E-state index is 0.0164. The van der Waals surface area contributed by atoms with Crippen LogP contribution in [0.1, 0.15) is 11.7 Å². The Morgan fingerprint density at radius 1 is 0.926 bits per heavy atom. The number of dihydropyridines is 1. The van der Waals surface area contributed by atoms with E-state index in [0.29, 0.717) is 5.69 Å². The monoisotopic (exact) mass is 354 g/mol. The first kappa shape index (κ1) is 16.7. The van der Waals surface area contributed by atoms with Crippen LogP contribution in [-0.2, 0) is 0 Å². The summed E-state index contributed by atoms with van der Waals surface area (Å²) in [6.07, 6.45) is 9.76. The van der Waals surface area contributed by atoms with E-state index < -0.39 is 0 Å². The first-order valence-electron chi connectivity index (χ1n) is 8.57. The van der Waals surface area contributed by atoms with Crippen LogP contribution in [0.25, 0.3) is 22.5 Å². The first-order valence-corrected chi connectivity index (χ1v) is 8.57. The summed E-state index contributed by atoms with van der Waals surface area (Å²) < 4.78 is 0. The smallest absolute Gasteiger partial charge is 0.0896 e. The molecule has 4 rings (SSSR count). The van der Waals surface area contributed by atoms with Gasteiger partial charge in [0.25, 0.3) is 0 Å². The van der Waals surface area contributed by atoms with E-state index in [1.54, 1.807) is 6.20 Å². The molecule has 0 saturated heterocycles. The molecule has 0 amide bonds. The lowest BCUT2D eigenvalue weighted by Gasteiger charge is -2.17. The van der Waals surface area contributed by atoms with Gasteiger partial charge >= 0.3 is 0 Å². The lowest BCUT2D eigenvalue weighted by Crippen LogP contribution is -2.16. The Hall–Kier alpha value is -3.80. The van der Waals surface area contributed by atoms with Crippen LogP contribution in [0.2, 0.25) is 0 Å². The number of hydrogen-bond donors (Lipinski definition) is 2. The molecule has 0 bridgehead atoms. The summed E-state index contributed by atoms with van der Waals surface area (Å²) in [4.78, 5) is 9.29. The van der Waals surface area contributed by atoms with E-state index in [0.717, 1.165) is 28.2 Å². The van der Waals surface area contributed by atoms with Crippen LogP contribution in [-0.4, -0.2) is 9.97 Å². The molecule has 1 aliphatic rings. The lowest BCUT2D eigenvalue weighted by molar-refractivity contribution is 0.722. The lowest BCUT2D eigenvalue weighted by atomic mass is 10.0. The largest absolute Gasteiger partial charge is 0.379 e. The second kappa shape index (κ2) is 7.61. The van der Waals surface area contributed by atoms with Gasteiger partial charge in [0.2, 0.25) is 0 Å². The van der Waals surface area contributed by atoms with Gasteiger partial charge < -0.3 is 11.2 Å². The third kappa shape index (κ3) is 3.74. The molecule has 6 heteroatoms. The number of benzene rings is 1. The standard InChI is InChI=1S/C21H18N6/c22-27-26-17-9-7-15(8-10-17)16-13-20(18-5-1-3-11-23-18)25-21(14-16)19-6-2-4-12-24-19/h1-14,18,23H,(H2,22,26). The maximum Gasteiger partial charge on any atom is 0.0896 e. The van der Waals surface area contributed by atoms with Crippen LogP contribution < -0.4 is 11.2 Å². The van der Waals surface area contributed by atoms with Gasteiger partial charge in [-0.2, -0.15) is 0 Å². The van der Waals surface area contributed by atoms with Gasteiger partial charge in [-0.05, 0) is 59.8 Å². The molecule has 132 valence electrons. The van der Waals surface area contributed by atoms with Gasteiger partial charge in [-0.3, -0.25) is 4.98 Å². The van der Waals surface area contributed by atoms with E-state index in [9.17, 15) is 0 Å². The van der Waals surface area contributed by atoms with E-state index in [4.69, 9.17) is 10.8 Å². The molecule has 27 heavy (non-hydrogen) atoms. The number of rotatable bonds is 4. The van der Waals surface area contributed by atoms with Crippen LogP contribution >= 0.6 is 0 Å². The molecule has 0 spiro atoms. The molecule has 1 aromatic carbocycles. The van der Waals surface area contributed by atoms with Gasteiger partial charge in [0, 0.05) is 6.20 Å². The molecule has 0 fully saturated rings. The van der Waals surface area contributed by atoms with E-state index >= 15 is 0 Å². The molecule has 3 aromatic rings. The highest BCUT2D eigenvalue weighted by atomic mass is 15.3. The molecule has 6 nitrogen and oxygen atoms in total. The number of aromatic nitrogens is 2. The highest BCUT2D eigenvalue weighted by Gasteiger charge is 2.14. The minimum Gasteiger partial charge on any atom is -0.379 e. The van der Waals surface area contributed by atoms with Gasteiger partial charge in [0.1, 0.15) is 0 Å². The van der Waals surface area contributed by atoms with Gasteiger partial charge in [-0.15, -0.1) is 5.11 Å². The Morgan fingerprint density at radius 3 is 2.52 bits per heavy atom. The quantitative estimate of drug-likeness (QED) is 0.411. The van der Waals surface area contributed by atoms with Crippen LogP contribution in [0.3, 0.4) is 0 Å². The number of nitrogens with two attached hydrogens (primary N) is 1. The fourth-order valence-electron chi connectivity index (χ4n) is 2.94. The molecule has 1 atom stereocenters. The van der Waals surface area contributed by atoms with Crippen LogP contribution in [0.4, 0.5) is 5.69 Å². The predicted octanol–water partition coefficient (Wildman–Crippen LogP) is 4.48. The molecule has 0 aliphatic carbocycles. The predicted molar refractivity (Wildman–Crippen MR) is 106 cm³/mol. The van der Waals surface area contributed by atoms with E-state index in [1.165, 1.54) is 0 Å². The van der Waals surface area contributed by atoms with E-state index in [2.05, 4.69) is 32.8 Å². The summed E-state index contributed by atoms with van der Waals surface area (Å²) in [5, 5.41) is 10.5. The first-order chi connectivity index (χ1) is 13.3. The third-order valence-electron chi connectivity index (χ3n) is 4.25. The van der Waals surface area contributed by atoms with Crippen molar-refractivity contribution in [3.05, 3.63) is 90.9 Å². The Kier molecular flexibility index (Phi) is 4.70. The van der Waals surface area contributed by atoms with Crippen molar-refractivity contribution in [2.24, 2.45) is 16.2 Å². The SMILES string of the molecule is NN=Nc1ccc(-c2cc(-c3ccccn3)nc(C3C=CC=CN3)c2)cc1. The Bertz CT molecular complexity index is 1010. The molecule has 3 heterocycles. The van der Waals surface area contributed by atoms with Crippen molar-refractivity contribution in [3.63, 3.8) is 0 Å². The van der Waals surface area contributed by atoms with Gasteiger partial charge in [-0.25, -0.2) is 4.98 Å². The van der Waals surface area contributed by atoms with Crippen LogP contribution in [0, 0.1) is 0 Å². The minimum absolute atomic E-state index is 0.0164. The molecular weight excluding hydrogens is 336 g/mol. The molecule has 0 saturated carbocycles. The zero-order valence-corrected chi connectivity index (χ0v) is 14.5. The summed E-state index contributed by atoms with van der Waals surface area (Å²) >= 11 is 0. The molecule has 1 aliphatic heterocycles. The Morgan fingerprint density at radius 2 is 1.81 bits per heavy atom. The number of allylic oxidation sites excluding steroid dienone is 2. The number of nitrogens with one attached hydrogen (secondary N) is 1. The number of nitrogens with zero attached hydrogens (tertiary/aromatic N) is 4. The van der Waals surface area contributed by atoms with E-state index in [1.807, 2.05) is 66.9 Å². The van der Waals surface area contributed by atoms with Crippen molar-refractivity contribution >= 4 is 5.69 Å². The van der Waals surface area contributed by atoms with Crippen molar-refractivity contribution in [3.8, 4) is 22.5 Å². The fourth-order valence-corrected chi connectivity index (χ4v) is 2.94. The van der Waals surface area contributed by atoms with Gasteiger partial charge in [0.15, 0.2) is 0 Å². The average Bonchev–Trinajstić information content (AvgIpc) is 2.75. The zero-order valence-electron chi connectivity index (χ0n) is 14.5. The number of hydrogen-bond acceptors (Lipinski definition) is 5. The molecule has 2 aromatic heterocycles. The van der Waals surface area contributed by atoms with Crippen molar-refractivity contribution in [1.29, 1.82) is 0 Å². The fraction of sp³-hybridized carbons (Fsp3) is 0.0476. The topological polar surface area (TPSA) is 88.5 Å². The molecular formula is C21H18N6. The summed E-state index contributed by atoms with van der Waals surface area (Å²) in [6.45, 7) is 0. The summed E-state index contributed by atoms with van der Waals surface area (Å²) in [5.41, 5.74) is 5.42. The maximum atomic E-state index is 5.12. The van der Waals surface area contributed by atoms with E-state index in [-0.39, 0.29) is 6.04 Å². The van der Waals surface area contributed by atoms with Crippen LogP contribution in [0.5, 0.6) is 0 Å². The van der Waals surface area contributed by atoms with Gasteiger partial charge in [0.05, 0.1) is 28.8 Å². The maximum absolute atomic E-state index is 5.12. The van der Waals surface area contributed by atoms with Crippen LogP contribution in [0.15, 0.2) is 95.6 Å². The summed E-state index contributed by atoms with van der Waals surface area (Å²) in [7, 11) is 0. The highest BCUT2D eigenvalue weighted by molar-refractivity contribution is 5.71. The van der Waals surface area contributed by atoms with Crippen molar-refractivity contribution < 1.29 is 0 Å².